The first-order valence-corrected chi connectivity index (χ1v) is 8.13. The van der Waals surface area contributed by atoms with Crippen molar-refractivity contribution in [2.45, 2.75) is 32.6 Å². The van der Waals surface area contributed by atoms with E-state index in [1.807, 2.05) is 31.2 Å². The van der Waals surface area contributed by atoms with Gasteiger partial charge < -0.3 is 9.26 Å². The third-order valence-electron chi connectivity index (χ3n) is 3.47. The summed E-state index contributed by atoms with van der Waals surface area (Å²) < 4.78 is 24.8. The van der Waals surface area contributed by atoms with Crippen molar-refractivity contribution in [2.75, 3.05) is 6.61 Å². The van der Waals surface area contributed by atoms with E-state index in [0.29, 0.717) is 12.4 Å². The summed E-state index contributed by atoms with van der Waals surface area (Å²) in [5.74, 6) is 1.59. The van der Waals surface area contributed by atoms with Gasteiger partial charge >= 0.3 is 0 Å². The Morgan fingerprint density at radius 1 is 1.28 bits per heavy atom. The van der Waals surface area contributed by atoms with Crippen molar-refractivity contribution in [2.24, 2.45) is 0 Å². The fourth-order valence-electron chi connectivity index (χ4n) is 2.68. The Kier molecular flexibility index (Phi) is 3.04. The second-order valence-corrected chi connectivity index (χ2v) is 7.00. The Morgan fingerprint density at radius 3 is 2.89 bits per heavy atom. The van der Waals surface area contributed by atoms with Crippen molar-refractivity contribution >= 4 is 12.7 Å². The van der Waals surface area contributed by atoms with Crippen molar-refractivity contribution in [3.8, 4) is 5.75 Å². The van der Waals surface area contributed by atoms with E-state index >= 15 is 0 Å². The van der Waals surface area contributed by atoms with Crippen molar-refractivity contribution in [1.82, 2.24) is 0 Å². The van der Waals surface area contributed by atoms with E-state index in [2.05, 4.69) is 0 Å². The zero-order valence-electron chi connectivity index (χ0n) is 10.5. The minimum atomic E-state index is -2.88. The normalized spacial score (nSPS) is 26.3. The standard InChI is InChI=1S/C14H17O3P/c1-2-16-18(15)13-9-5-3-7-11(13)17-12-8-4-6-10-14(12)18/h3,5,7,9H,2,4,6,8,10H2,1H3. The molecule has 4 heteroatoms. The lowest BCUT2D eigenvalue weighted by Gasteiger charge is -2.32. The Morgan fingerprint density at radius 2 is 2.06 bits per heavy atom. The van der Waals surface area contributed by atoms with Gasteiger partial charge in [-0.15, -0.1) is 0 Å². The van der Waals surface area contributed by atoms with E-state index in [0.717, 1.165) is 42.1 Å². The summed E-state index contributed by atoms with van der Waals surface area (Å²) in [5.41, 5.74) is 0. The summed E-state index contributed by atoms with van der Waals surface area (Å²) in [7, 11) is -2.88. The van der Waals surface area contributed by atoms with Crippen molar-refractivity contribution < 1.29 is 13.8 Å². The van der Waals surface area contributed by atoms with Crippen LogP contribution in [-0.4, -0.2) is 6.61 Å². The second-order valence-electron chi connectivity index (χ2n) is 4.62. The number of allylic oxidation sites excluding steroid dienone is 2. The number of benzene rings is 1. The molecule has 1 heterocycles. The Hall–Kier alpha value is -1.05. The second kappa shape index (κ2) is 4.56. The first-order chi connectivity index (χ1) is 8.75. The zero-order chi connectivity index (χ0) is 12.6. The number of hydrogen-bond acceptors (Lipinski definition) is 3. The SMILES string of the molecule is CCOP1(=O)C2=C(CCCC2)Oc2ccccc21. The van der Waals surface area contributed by atoms with Gasteiger partial charge in [0.25, 0.3) is 7.37 Å². The van der Waals surface area contributed by atoms with Gasteiger partial charge in [-0.05, 0) is 38.3 Å². The molecule has 0 aromatic heterocycles. The monoisotopic (exact) mass is 264 g/mol. The highest BCUT2D eigenvalue weighted by molar-refractivity contribution is 7.71. The summed E-state index contributed by atoms with van der Waals surface area (Å²) >= 11 is 0. The zero-order valence-corrected chi connectivity index (χ0v) is 11.4. The van der Waals surface area contributed by atoms with Crippen LogP contribution >= 0.6 is 7.37 Å². The number of fused-ring (bicyclic) bond motifs is 1. The highest BCUT2D eigenvalue weighted by Gasteiger charge is 2.40. The smallest absolute Gasteiger partial charge is 0.264 e. The molecule has 1 aromatic rings. The number of para-hydroxylation sites is 1. The molecule has 0 saturated heterocycles. The first-order valence-electron chi connectivity index (χ1n) is 6.50. The van der Waals surface area contributed by atoms with Gasteiger partial charge in [0.2, 0.25) is 0 Å². The molecule has 1 atom stereocenters. The molecular weight excluding hydrogens is 247 g/mol. The Balaban J connectivity index is 2.17. The average molecular weight is 264 g/mol. The van der Waals surface area contributed by atoms with Crippen LogP contribution in [0.25, 0.3) is 0 Å². The lowest BCUT2D eigenvalue weighted by molar-refractivity contribution is 0.327. The van der Waals surface area contributed by atoms with Crippen LogP contribution in [0.3, 0.4) is 0 Å². The highest BCUT2D eigenvalue weighted by atomic mass is 31.2. The van der Waals surface area contributed by atoms with Crippen LogP contribution in [0.15, 0.2) is 35.3 Å². The van der Waals surface area contributed by atoms with Crippen LogP contribution < -0.4 is 10.0 Å². The molecule has 0 radical (unpaired) electrons. The van der Waals surface area contributed by atoms with Gasteiger partial charge in [-0.25, -0.2) is 0 Å². The number of hydrogen-bond donors (Lipinski definition) is 0. The average Bonchev–Trinajstić information content (AvgIpc) is 2.40. The molecule has 0 spiro atoms. The van der Waals surface area contributed by atoms with Gasteiger partial charge in [0.1, 0.15) is 11.5 Å². The largest absolute Gasteiger partial charge is 0.460 e. The van der Waals surface area contributed by atoms with Crippen molar-refractivity contribution in [1.29, 1.82) is 0 Å². The van der Waals surface area contributed by atoms with Gasteiger partial charge in [-0.2, -0.15) is 0 Å². The Labute approximate surface area is 107 Å². The molecule has 0 fully saturated rings. The van der Waals surface area contributed by atoms with E-state index < -0.39 is 7.37 Å². The van der Waals surface area contributed by atoms with E-state index in [4.69, 9.17) is 9.26 Å². The third-order valence-corrected chi connectivity index (χ3v) is 6.28. The highest BCUT2D eigenvalue weighted by Crippen LogP contribution is 2.62. The molecule has 1 unspecified atom stereocenters. The van der Waals surface area contributed by atoms with Crippen LogP contribution in [0.2, 0.25) is 0 Å². The molecule has 3 nitrogen and oxygen atoms in total. The lowest BCUT2D eigenvalue weighted by atomic mass is 10.1. The van der Waals surface area contributed by atoms with Gasteiger partial charge in [0, 0.05) is 6.42 Å². The predicted octanol–water partition coefficient (Wildman–Crippen LogP) is 3.80. The molecule has 1 aliphatic heterocycles. The van der Waals surface area contributed by atoms with Gasteiger partial charge in [-0.3, -0.25) is 4.57 Å². The maximum absolute atomic E-state index is 13.3. The topological polar surface area (TPSA) is 35.5 Å². The molecule has 0 N–H and O–H groups in total. The van der Waals surface area contributed by atoms with E-state index in [-0.39, 0.29) is 0 Å². The Bertz CT molecular complexity index is 548. The molecule has 0 saturated carbocycles. The van der Waals surface area contributed by atoms with Crippen LogP contribution in [0.5, 0.6) is 5.75 Å². The minimum Gasteiger partial charge on any atom is -0.460 e. The summed E-state index contributed by atoms with van der Waals surface area (Å²) in [6, 6.07) is 7.54. The maximum Gasteiger partial charge on any atom is 0.264 e. The maximum atomic E-state index is 13.3. The molecule has 96 valence electrons. The molecule has 18 heavy (non-hydrogen) atoms. The molecule has 1 aromatic carbocycles. The first kappa shape index (κ1) is 12.0. The molecular formula is C14H17O3P. The van der Waals surface area contributed by atoms with Crippen molar-refractivity contribution in [3.63, 3.8) is 0 Å². The van der Waals surface area contributed by atoms with Gasteiger partial charge in [0.05, 0.1) is 17.2 Å². The van der Waals surface area contributed by atoms with Crippen LogP contribution in [0.4, 0.5) is 0 Å². The summed E-state index contributed by atoms with van der Waals surface area (Å²) in [5, 5.41) is 1.64. The summed E-state index contributed by atoms with van der Waals surface area (Å²) in [6.07, 6.45) is 3.89. The van der Waals surface area contributed by atoms with Crippen LogP contribution in [0, 0.1) is 0 Å². The fourth-order valence-corrected chi connectivity index (χ4v) is 5.26. The van der Waals surface area contributed by atoms with Gasteiger partial charge in [0.15, 0.2) is 0 Å². The fraction of sp³-hybridized carbons (Fsp3) is 0.429. The van der Waals surface area contributed by atoms with Gasteiger partial charge in [-0.1, -0.05) is 12.1 Å². The van der Waals surface area contributed by atoms with Crippen molar-refractivity contribution in [3.05, 3.63) is 35.3 Å². The molecule has 2 aliphatic rings. The summed E-state index contributed by atoms with van der Waals surface area (Å²) in [6.45, 7) is 2.35. The molecule has 0 bridgehead atoms. The number of rotatable bonds is 2. The third kappa shape index (κ3) is 1.73. The van der Waals surface area contributed by atoms with Crippen LogP contribution in [0.1, 0.15) is 32.6 Å². The van der Waals surface area contributed by atoms with E-state index in [1.165, 1.54) is 0 Å². The molecule has 1 aliphatic carbocycles. The minimum absolute atomic E-state index is 0.461. The lowest BCUT2D eigenvalue weighted by Crippen LogP contribution is -2.22. The number of ether oxygens (including phenoxy) is 1. The van der Waals surface area contributed by atoms with E-state index in [1.54, 1.807) is 0 Å². The molecule has 3 rings (SSSR count). The predicted molar refractivity (Wildman–Crippen MR) is 71.4 cm³/mol. The molecule has 0 amide bonds. The van der Waals surface area contributed by atoms with Crippen LogP contribution in [-0.2, 0) is 9.09 Å². The van der Waals surface area contributed by atoms with E-state index in [9.17, 15) is 4.57 Å². The summed E-state index contributed by atoms with van der Waals surface area (Å²) in [4.78, 5) is 0. The quantitative estimate of drug-likeness (QED) is 0.762.